The largest absolute Gasteiger partial charge is 0.102 e. The number of rotatable bonds is 5. The van der Waals surface area contributed by atoms with Crippen molar-refractivity contribution in [3.63, 3.8) is 0 Å². The van der Waals surface area contributed by atoms with E-state index in [0.717, 1.165) is 15.0 Å². The molecule has 0 radical (unpaired) electrons. The van der Waals surface area contributed by atoms with E-state index >= 15 is 0 Å². The molecule has 0 heterocycles. The second kappa shape index (κ2) is 6.86. The van der Waals surface area contributed by atoms with Crippen LogP contribution in [0.1, 0.15) is 28.2 Å². The van der Waals surface area contributed by atoms with Gasteiger partial charge < -0.3 is 0 Å². The van der Waals surface area contributed by atoms with Gasteiger partial charge in [0.1, 0.15) is 0 Å². The van der Waals surface area contributed by atoms with Crippen molar-refractivity contribution in [1.82, 2.24) is 0 Å². The van der Waals surface area contributed by atoms with E-state index < -0.39 is 0 Å². The molecule has 2 aromatic carbocycles. The van der Waals surface area contributed by atoms with Gasteiger partial charge in [0.15, 0.2) is 0 Å². The Labute approximate surface area is 124 Å². The lowest BCUT2D eigenvalue weighted by atomic mass is 9.91. The molecule has 0 bridgehead atoms. The third-order valence-corrected chi connectivity index (χ3v) is 4.73. The summed E-state index contributed by atoms with van der Waals surface area (Å²) in [5.41, 5.74) is 5.47. The first kappa shape index (κ1) is 15.0. The van der Waals surface area contributed by atoms with Crippen LogP contribution >= 0.6 is 8.58 Å². The zero-order valence-corrected chi connectivity index (χ0v) is 13.6. The molecule has 0 fully saturated rings. The third kappa shape index (κ3) is 3.58. The molecule has 20 heavy (non-hydrogen) atoms. The Bertz CT molecular complexity index is 581. The van der Waals surface area contributed by atoms with E-state index in [9.17, 15) is 0 Å². The fraction of sp³-hybridized carbons (Fsp3) is 0.263. The minimum Gasteiger partial charge on any atom is -0.102 e. The zero-order valence-electron chi connectivity index (χ0n) is 12.6. The average Bonchev–Trinajstić information content (AvgIpc) is 2.46. The Hall–Kier alpha value is -1.39. The van der Waals surface area contributed by atoms with Crippen LogP contribution in [0.15, 0.2) is 55.1 Å². The molecule has 2 aromatic rings. The van der Waals surface area contributed by atoms with E-state index in [1.807, 2.05) is 0 Å². The van der Waals surface area contributed by atoms with Crippen molar-refractivity contribution in [2.45, 2.75) is 26.2 Å². The predicted molar refractivity (Wildman–Crippen MR) is 92.9 cm³/mol. The molecule has 0 aliphatic heterocycles. The Kier molecular flexibility index (Phi) is 5.15. The lowest BCUT2D eigenvalue weighted by molar-refractivity contribution is 0.842. The predicted octanol–water partition coefficient (Wildman–Crippen LogP) is 4.75. The summed E-state index contributed by atoms with van der Waals surface area (Å²) in [5, 5.41) is 1.47. The fourth-order valence-corrected chi connectivity index (χ4v) is 3.31. The van der Waals surface area contributed by atoms with Gasteiger partial charge >= 0.3 is 0 Å². The van der Waals surface area contributed by atoms with Gasteiger partial charge in [0, 0.05) is 5.92 Å². The van der Waals surface area contributed by atoms with Crippen LogP contribution in [-0.4, -0.2) is 6.66 Å². The SMILES string of the molecule is C=CC(Cc1ccc(C)cc1)c1cc(C)ccc1PC. The van der Waals surface area contributed by atoms with Crippen LogP contribution in [0.5, 0.6) is 0 Å². The molecule has 0 saturated heterocycles. The molecule has 0 aliphatic carbocycles. The second-order valence-corrected chi connectivity index (χ2v) is 6.41. The van der Waals surface area contributed by atoms with Gasteiger partial charge in [0.2, 0.25) is 0 Å². The van der Waals surface area contributed by atoms with Gasteiger partial charge in [-0.05, 0) is 43.4 Å². The standard InChI is InChI=1S/C19H23P/c1-5-17(13-16-9-6-14(2)7-10-16)18-12-15(3)8-11-19(18)20-4/h5-12,17,20H,1,13H2,2-4H3. The van der Waals surface area contributed by atoms with Gasteiger partial charge in [0.25, 0.3) is 0 Å². The van der Waals surface area contributed by atoms with Crippen LogP contribution in [0, 0.1) is 13.8 Å². The fourth-order valence-electron chi connectivity index (χ4n) is 2.51. The van der Waals surface area contributed by atoms with Gasteiger partial charge in [0.05, 0.1) is 0 Å². The number of aryl methyl sites for hydroxylation is 2. The van der Waals surface area contributed by atoms with Crippen molar-refractivity contribution in [2.75, 3.05) is 6.66 Å². The lowest BCUT2D eigenvalue weighted by Gasteiger charge is -2.18. The summed E-state index contributed by atoms with van der Waals surface area (Å²) in [7, 11) is 0.832. The molecule has 2 unspecified atom stereocenters. The minimum absolute atomic E-state index is 0.403. The Morgan fingerprint density at radius 2 is 1.70 bits per heavy atom. The minimum atomic E-state index is 0.403. The van der Waals surface area contributed by atoms with Crippen molar-refractivity contribution in [3.8, 4) is 0 Å². The quantitative estimate of drug-likeness (QED) is 0.548. The van der Waals surface area contributed by atoms with Gasteiger partial charge in [-0.3, -0.25) is 0 Å². The van der Waals surface area contributed by atoms with E-state index in [2.05, 4.69) is 75.6 Å². The van der Waals surface area contributed by atoms with Crippen LogP contribution in [0.25, 0.3) is 0 Å². The van der Waals surface area contributed by atoms with Crippen LogP contribution in [0.2, 0.25) is 0 Å². The normalized spacial score (nSPS) is 12.8. The van der Waals surface area contributed by atoms with Gasteiger partial charge in [-0.15, -0.1) is 6.58 Å². The zero-order chi connectivity index (χ0) is 14.5. The van der Waals surface area contributed by atoms with E-state index in [1.165, 1.54) is 27.6 Å². The van der Waals surface area contributed by atoms with Crippen molar-refractivity contribution in [3.05, 3.63) is 77.4 Å². The highest BCUT2D eigenvalue weighted by Gasteiger charge is 2.12. The monoisotopic (exact) mass is 282 g/mol. The molecular formula is C19H23P. The highest BCUT2D eigenvalue weighted by atomic mass is 31.1. The molecule has 104 valence electrons. The maximum Gasteiger partial charge on any atom is 0.00620 e. The molecule has 0 nitrogen and oxygen atoms in total. The Balaban J connectivity index is 2.30. The van der Waals surface area contributed by atoms with E-state index in [1.54, 1.807) is 0 Å². The summed E-state index contributed by atoms with van der Waals surface area (Å²) >= 11 is 0. The van der Waals surface area contributed by atoms with Crippen LogP contribution in [0.4, 0.5) is 0 Å². The molecule has 2 atom stereocenters. The van der Waals surface area contributed by atoms with Crippen molar-refractivity contribution in [2.24, 2.45) is 0 Å². The van der Waals surface area contributed by atoms with Gasteiger partial charge in [-0.1, -0.05) is 68.2 Å². The van der Waals surface area contributed by atoms with Gasteiger partial charge in [-0.25, -0.2) is 0 Å². The lowest BCUT2D eigenvalue weighted by Crippen LogP contribution is -2.11. The first-order chi connectivity index (χ1) is 9.63. The first-order valence-electron chi connectivity index (χ1n) is 7.10. The van der Waals surface area contributed by atoms with Crippen LogP contribution in [-0.2, 0) is 6.42 Å². The summed E-state index contributed by atoms with van der Waals surface area (Å²) in [5.74, 6) is 0.403. The van der Waals surface area contributed by atoms with E-state index in [4.69, 9.17) is 0 Å². The summed E-state index contributed by atoms with van der Waals surface area (Å²) in [4.78, 5) is 0. The van der Waals surface area contributed by atoms with E-state index in [-0.39, 0.29) is 0 Å². The number of hydrogen-bond donors (Lipinski definition) is 0. The van der Waals surface area contributed by atoms with E-state index in [0.29, 0.717) is 5.92 Å². The maximum atomic E-state index is 4.06. The van der Waals surface area contributed by atoms with Crippen molar-refractivity contribution < 1.29 is 0 Å². The summed E-state index contributed by atoms with van der Waals surface area (Å²) in [6.45, 7) is 10.6. The van der Waals surface area contributed by atoms with Gasteiger partial charge in [-0.2, -0.15) is 0 Å². The third-order valence-electron chi connectivity index (χ3n) is 3.74. The molecule has 2 rings (SSSR count). The molecule has 1 heteroatoms. The summed E-state index contributed by atoms with van der Waals surface area (Å²) in [6.07, 6.45) is 3.13. The Morgan fingerprint density at radius 3 is 2.30 bits per heavy atom. The first-order valence-corrected chi connectivity index (χ1v) is 8.60. The van der Waals surface area contributed by atoms with Crippen molar-refractivity contribution in [1.29, 1.82) is 0 Å². The number of benzene rings is 2. The highest BCUT2D eigenvalue weighted by molar-refractivity contribution is 7.46. The van der Waals surface area contributed by atoms with Crippen LogP contribution < -0.4 is 5.30 Å². The smallest absolute Gasteiger partial charge is 0.00620 e. The molecule has 0 aliphatic rings. The maximum absolute atomic E-state index is 4.06. The number of allylic oxidation sites excluding steroid dienone is 1. The topological polar surface area (TPSA) is 0 Å². The summed E-state index contributed by atoms with van der Waals surface area (Å²) in [6, 6.07) is 15.6. The molecule has 0 aromatic heterocycles. The molecule has 0 amide bonds. The van der Waals surface area contributed by atoms with Crippen molar-refractivity contribution >= 4 is 13.9 Å². The highest BCUT2D eigenvalue weighted by Crippen LogP contribution is 2.25. The molecule has 0 N–H and O–H groups in total. The molecular weight excluding hydrogens is 259 g/mol. The average molecular weight is 282 g/mol. The summed E-state index contributed by atoms with van der Waals surface area (Å²) < 4.78 is 0. The molecule has 0 spiro atoms. The Morgan fingerprint density at radius 1 is 1.05 bits per heavy atom. The van der Waals surface area contributed by atoms with Crippen LogP contribution in [0.3, 0.4) is 0 Å². The molecule has 0 saturated carbocycles. The second-order valence-electron chi connectivity index (χ2n) is 5.37. The number of hydrogen-bond acceptors (Lipinski definition) is 0.